The molecule has 1 N–H and O–H groups in total. The fourth-order valence-corrected chi connectivity index (χ4v) is 4.12. The van der Waals surface area contributed by atoms with Gasteiger partial charge < -0.3 is 14.8 Å². The Morgan fingerprint density at radius 1 is 1.24 bits per heavy atom. The molecule has 2 aliphatic heterocycles. The summed E-state index contributed by atoms with van der Waals surface area (Å²) in [7, 11) is 0. The molecule has 2 aliphatic rings. The predicted molar refractivity (Wildman–Crippen MR) is 102 cm³/mol. The predicted octanol–water partition coefficient (Wildman–Crippen LogP) is 2.84. The smallest absolute Gasteiger partial charge is 0.194 e. The van der Waals surface area contributed by atoms with Gasteiger partial charge in [0.05, 0.1) is 0 Å². The van der Waals surface area contributed by atoms with Crippen LogP contribution in [0.5, 0.6) is 0 Å². The second-order valence-corrected chi connectivity index (χ2v) is 7.90. The number of fused-ring (bicyclic) bond motifs is 1. The first-order valence-corrected chi connectivity index (χ1v) is 10.1. The zero-order chi connectivity index (χ0) is 17.6. The van der Waals surface area contributed by atoms with Crippen molar-refractivity contribution in [1.82, 2.24) is 25.0 Å². The lowest BCUT2D eigenvalue weighted by atomic mass is 9.97. The van der Waals surface area contributed by atoms with E-state index in [9.17, 15) is 0 Å². The van der Waals surface area contributed by atoms with Crippen molar-refractivity contribution >= 4 is 5.96 Å². The second-order valence-electron chi connectivity index (χ2n) is 7.90. The molecular weight excluding hydrogens is 312 g/mol. The Kier molecular flexibility index (Phi) is 6.32. The van der Waals surface area contributed by atoms with Crippen molar-refractivity contribution in [1.29, 1.82) is 0 Å². The molecule has 0 saturated carbocycles. The minimum absolute atomic E-state index is 0.626. The van der Waals surface area contributed by atoms with Crippen molar-refractivity contribution in [3.05, 3.63) is 11.6 Å². The Balaban J connectivity index is 1.66. The molecule has 3 heterocycles. The Hall–Kier alpha value is -1.59. The van der Waals surface area contributed by atoms with E-state index in [1.165, 1.54) is 32.1 Å². The molecule has 0 amide bonds. The van der Waals surface area contributed by atoms with Crippen molar-refractivity contribution in [2.75, 3.05) is 19.6 Å². The summed E-state index contributed by atoms with van der Waals surface area (Å²) in [5.41, 5.74) is 0. The number of hydrogen-bond acceptors (Lipinski definition) is 3. The Bertz CT molecular complexity index is 576. The quantitative estimate of drug-likeness (QED) is 0.658. The highest BCUT2D eigenvalue weighted by molar-refractivity contribution is 5.80. The van der Waals surface area contributed by atoms with E-state index < -0.39 is 0 Å². The first-order chi connectivity index (χ1) is 12.2. The summed E-state index contributed by atoms with van der Waals surface area (Å²) >= 11 is 0. The van der Waals surface area contributed by atoms with Crippen LogP contribution < -0.4 is 5.32 Å². The van der Waals surface area contributed by atoms with Gasteiger partial charge in [-0.1, -0.05) is 20.3 Å². The summed E-state index contributed by atoms with van der Waals surface area (Å²) in [4.78, 5) is 7.33. The van der Waals surface area contributed by atoms with Crippen LogP contribution in [0.4, 0.5) is 0 Å². The van der Waals surface area contributed by atoms with Gasteiger partial charge >= 0.3 is 0 Å². The number of aryl methyl sites for hydroxylation is 1. The maximum absolute atomic E-state index is 4.90. The first kappa shape index (κ1) is 18.2. The van der Waals surface area contributed by atoms with Gasteiger partial charge in [-0.15, -0.1) is 10.2 Å². The van der Waals surface area contributed by atoms with Gasteiger partial charge in [0.2, 0.25) is 0 Å². The molecule has 0 spiro atoms. The third kappa shape index (κ3) is 4.73. The molecule has 3 rings (SSSR count). The van der Waals surface area contributed by atoms with Gasteiger partial charge in [0.25, 0.3) is 0 Å². The highest BCUT2D eigenvalue weighted by atomic mass is 15.3. The summed E-state index contributed by atoms with van der Waals surface area (Å²) < 4.78 is 2.30. The Morgan fingerprint density at radius 2 is 2.12 bits per heavy atom. The minimum atomic E-state index is 0.626. The zero-order valence-corrected chi connectivity index (χ0v) is 16.2. The molecule has 1 fully saturated rings. The number of rotatable bonds is 5. The lowest BCUT2D eigenvalue weighted by molar-refractivity contribution is 0.403. The number of guanidine groups is 1. The van der Waals surface area contributed by atoms with E-state index in [-0.39, 0.29) is 0 Å². The van der Waals surface area contributed by atoms with E-state index in [2.05, 4.69) is 45.8 Å². The van der Waals surface area contributed by atoms with E-state index in [0.717, 1.165) is 62.0 Å². The summed E-state index contributed by atoms with van der Waals surface area (Å²) in [6.07, 6.45) is 7.40. The van der Waals surface area contributed by atoms with Gasteiger partial charge in [-0.05, 0) is 44.4 Å². The molecule has 0 aliphatic carbocycles. The molecule has 1 aromatic rings. The molecule has 6 nitrogen and oxygen atoms in total. The van der Waals surface area contributed by atoms with Crippen LogP contribution in [0.1, 0.15) is 64.5 Å². The number of nitrogens with zero attached hydrogens (tertiary/aromatic N) is 5. The van der Waals surface area contributed by atoms with Crippen LogP contribution in [-0.4, -0.2) is 45.3 Å². The largest absolute Gasteiger partial charge is 0.357 e. The van der Waals surface area contributed by atoms with Crippen molar-refractivity contribution in [2.45, 2.75) is 72.4 Å². The van der Waals surface area contributed by atoms with E-state index in [1.54, 1.807) is 0 Å². The van der Waals surface area contributed by atoms with Gasteiger partial charge in [0.15, 0.2) is 11.8 Å². The molecule has 6 heteroatoms. The molecule has 0 aromatic carbocycles. The van der Waals surface area contributed by atoms with Crippen LogP contribution >= 0.6 is 0 Å². The number of aliphatic imine (C=N–C) groups is 1. The fourth-order valence-electron chi connectivity index (χ4n) is 4.12. The lowest BCUT2D eigenvalue weighted by Gasteiger charge is -2.22. The molecule has 0 bridgehead atoms. The van der Waals surface area contributed by atoms with Crippen molar-refractivity contribution in [3.63, 3.8) is 0 Å². The van der Waals surface area contributed by atoms with Crippen LogP contribution in [0.3, 0.4) is 0 Å². The number of aromatic nitrogens is 3. The maximum atomic E-state index is 4.90. The number of hydrogen-bond donors (Lipinski definition) is 1. The summed E-state index contributed by atoms with van der Waals surface area (Å²) in [6.45, 7) is 11.6. The average Bonchev–Trinajstić information content (AvgIpc) is 3.11. The average molecular weight is 347 g/mol. The molecule has 25 heavy (non-hydrogen) atoms. The van der Waals surface area contributed by atoms with Gasteiger partial charge in [-0.25, -0.2) is 4.99 Å². The van der Waals surface area contributed by atoms with E-state index in [4.69, 9.17) is 4.99 Å². The molecule has 140 valence electrons. The standard InChI is InChI=1S/C19H34N6/c1-4-20-19(24-11-9-16(14-24)12-15(2)3)21-13-18-23-22-17-8-6-5-7-10-25(17)18/h15-16H,4-14H2,1-3H3,(H,20,21). The maximum Gasteiger partial charge on any atom is 0.194 e. The number of likely N-dealkylation sites (tertiary alicyclic amines) is 1. The van der Waals surface area contributed by atoms with Crippen LogP contribution in [0, 0.1) is 11.8 Å². The van der Waals surface area contributed by atoms with E-state index in [1.807, 2.05) is 0 Å². The van der Waals surface area contributed by atoms with Crippen LogP contribution in [0.2, 0.25) is 0 Å². The van der Waals surface area contributed by atoms with Crippen molar-refractivity contribution < 1.29 is 0 Å². The Labute approximate surface area is 152 Å². The molecule has 1 unspecified atom stereocenters. The number of nitrogens with one attached hydrogen (secondary N) is 1. The molecule has 1 atom stereocenters. The zero-order valence-electron chi connectivity index (χ0n) is 16.2. The van der Waals surface area contributed by atoms with Gasteiger partial charge in [0, 0.05) is 32.6 Å². The van der Waals surface area contributed by atoms with E-state index >= 15 is 0 Å². The van der Waals surface area contributed by atoms with Crippen molar-refractivity contribution in [2.24, 2.45) is 16.8 Å². The summed E-state index contributed by atoms with van der Waals surface area (Å²) in [5.74, 6) is 4.78. The molecule has 1 saturated heterocycles. The highest BCUT2D eigenvalue weighted by Gasteiger charge is 2.25. The van der Waals surface area contributed by atoms with Crippen molar-refractivity contribution in [3.8, 4) is 0 Å². The van der Waals surface area contributed by atoms with E-state index in [0.29, 0.717) is 6.54 Å². The van der Waals surface area contributed by atoms with Gasteiger partial charge in [-0.3, -0.25) is 0 Å². The fraction of sp³-hybridized carbons (Fsp3) is 0.842. The highest BCUT2D eigenvalue weighted by Crippen LogP contribution is 2.23. The van der Waals surface area contributed by atoms with Gasteiger partial charge in [0.1, 0.15) is 12.4 Å². The molecule has 0 radical (unpaired) electrons. The third-order valence-electron chi connectivity index (χ3n) is 5.28. The lowest BCUT2D eigenvalue weighted by Crippen LogP contribution is -2.40. The SMILES string of the molecule is CCNC(=NCc1nnc2n1CCCCC2)N1CCC(CC(C)C)C1. The van der Waals surface area contributed by atoms with Crippen LogP contribution in [-0.2, 0) is 19.5 Å². The topological polar surface area (TPSA) is 58.3 Å². The first-order valence-electron chi connectivity index (χ1n) is 10.1. The van der Waals surface area contributed by atoms with Crippen LogP contribution in [0.25, 0.3) is 0 Å². The minimum Gasteiger partial charge on any atom is -0.357 e. The van der Waals surface area contributed by atoms with Crippen LogP contribution in [0.15, 0.2) is 4.99 Å². The second kappa shape index (κ2) is 8.68. The molecule has 1 aromatic heterocycles. The Morgan fingerprint density at radius 3 is 2.92 bits per heavy atom. The summed E-state index contributed by atoms with van der Waals surface area (Å²) in [5, 5.41) is 12.3. The summed E-state index contributed by atoms with van der Waals surface area (Å²) in [6, 6.07) is 0. The normalized spacial score (nSPS) is 21.5. The van der Waals surface area contributed by atoms with Gasteiger partial charge in [-0.2, -0.15) is 0 Å². The monoisotopic (exact) mass is 346 g/mol. The molecular formula is C19H34N6. The third-order valence-corrected chi connectivity index (χ3v) is 5.28.